The monoisotopic (exact) mass is 509 g/mol. The number of amides is 1. The summed E-state index contributed by atoms with van der Waals surface area (Å²) >= 11 is 0. The van der Waals surface area contributed by atoms with E-state index in [0.717, 1.165) is 12.8 Å². The fraction of sp³-hybridized carbons (Fsp3) is 0.556. The van der Waals surface area contributed by atoms with Gasteiger partial charge >= 0.3 is 0 Å². The van der Waals surface area contributed by atoms with Crippen LogP contribution in [0.15, 0.2) is 24.4 Å². The molecule has 1 saturated heterocycles. The third-order valence-electron chi connectivity index (χ3n) is 7.50. The van der Waals surface area contributed by atoms with Crippen LogP contribution in [0.1, 0.15) is 59.9 Å². The van der Waals surface area contributed by atoms with Crippen molar-refractivity contribution in [3.8, 4) is 11.8 Å². The highest BCUT2D eigenvalue weighted by atomic mass is 19.1. The maximum Gasteiger partial charge on any atom is 0.270 e. The second kappa shape index (κ2) is 9.45. The van der Waals surface area contributed by atoms with E-state index in [1.54, 1.807) is 32.0 Å². The average molecular weight is 510 g/mol. The third kappa shape index (κ3) is 5.18. The van der Waals surface area contributed by atoms with Crippen LogP contribution in [0.3, 0.4) is 0 Å². The fourth-order valence-corrected chi connectivity index (χ4v) is 5.39. The van der Waals surface area contributed by atoms with Crippen molar-refractivity contribution < 1.29 is 13.9 Å². The van der Waals surface area contributed by atoms with Crippen molar-refractivity contribution in [2.45, 2.75) is 77.1 Å². The molecule has 0 bridgehead atoms. The molecule has 0 unspecified atom stereocenters. The molecule has 2 aliphatic rings. The number of ether oxygens (including phenoxy) is 1. The van der Waals surface area contributed by atoms with Gasteiger partial charge in [0, 0.05) is 28.9 Å². The lowest BCUT2D eigenvalue weighted by Gasteiger charge is -2.53. The number of carbonyl (C=O) groups is 1. The van der Waals surface area contributed by atoms with E-state index < -0.39 is 12.3 Å². The van der Waals surface area contributed by atoms with Crippen LogP contribution in [-0.2, 0) is 4.79 Å². The summed E-state index contributed by atoms with van der Waals surface area (Å²) in [5, 5.41) is 16.3. The van der Waals surface area contributed by atoms with Crippen molar-refractivity contribution in [1.82, 2.24) is 14.9 Å². The molecule has 1 aromatic heterocycles. The van der Waals surface area contributed by atoms with Crippen LogP contribution < -0.4 is 20.3 Å². The molecule has 9 nitrogen and oxygen atoms in total. The van der Waals surface area contributed by atoms with Gasteiger partial charge in [0.2, 0.25) is 5.95 Å². The van der Waals surface area contributed by atoms with E-state index >= 15 is 0 Å². The highest BCUT2D eigenvalue weighted by Gasteiger charge is 2.43. The lowest BCUT2D eigenvalue weighted by Crippen LogP contribution is -2.61. The second-order valence-corrected chi connectivity index (χ2v) is 11.6. The number of likely N-dealkylation sites (tertiary alicyclic amines) is 1. The Morgan fingerprint density at radius 1 is 1.19 bits per heavy atom. The number of aromatic nitrogens is 2. The summed E-state index contributed by atoms with van der Waals surface area (Å²) in [6.07, 6.45) is 3.30. The van der Waals surface area contributed by atoms with Crippen molar-refractivity contribution >= 4 is 29.0 Å². The molecule has 0 saturated carbocycles. The Balaban J connectivity index is 1.58. The number of piperidine rings is 1. The summed E-state index contributed by atoms with van der Waals surface area (Å²) < 4.78 is 19.1. The first-order valence-corrected chi connectivity index (χ1v) is 12.5. The summed E-state index contributed by atoms with van der Waals surface area (Å²) in [7, 11) is 2.15. The number of alkyl halides is 1. The Hall–Kier alpha value is -3.45. The topological polar surface area (TPSA) is 106 Å². The normalized spacial score (nSPS) is 20.5. The van der Waals surface area contributed by atoms with E-state index in [1.807, 2.05) is 0 Å². The molecular formula is C27H36FN7O2. The first-order chi connectivity index (χ1) is 17.3. The number of nitriles is 1. The van der Waals surface area contributed by atoms with Gasteiger partial charge in [-0.2, -0.15) is 10.2 Å². The molecule has 0 atom stereocenters. The van der Waals surface area contributed by atoms with Crippen molar-refractivity contribution in [3.05, 3.63) is 30.0 Å². The fourth-order valence-electron chi connectivity index (χ4n) is 5.39. The van der Waals surface area contributed by atoms with Crippen LogP contribution in [-0.4, -0.2) is 63.8 Å². The number of benzene rings is 1. The van der Waals surface area contributed by atoms with Gasteiger partial charge in [-0.05, 0) is 73.6 Å². The Morgan fingerprint density at radius 2 is 1.86 bits per heavy atom. The molecule has 198 valence electrons. The maximum atomic E-state index is 13.1. The van der Waals surface area contributed by atoms with Crippen molar-refractivity contribution in [2.24, 2.45) is 0 Å². The van der Waals surface area contributed by atoms with Crippen molar-refractivity contribution in [1.29, 1.82) is 5.26 Å². The molecule has 10 heteroatoms. The van der Waals surface area contributed by atoms with E-state index in [4.69, 9.17) is 4.74 Å². The predicted octanol–water partition coefficient (Wildman–Crippen LogP) is 4.63. The number of nitrogens with one attached hydrogen (secondary N) is 2. The smallest absolute Gasteiger partial charge is 0.270 e. The quantitative estimate of drug-likeness (QED) is 0.581. The Labute approximate surface area is 218 Å². The molecule has 2 aliphatic heterocycles. The third-order valence-corrected chi connectivity index (χ3v) is 7.50. The molecule has 2 aromatic rings. The Morgan fingerprint density at radius 3 is 2.49 bits per heavy atom. The minimum Gasteiger partial charge on any atom is -0.476 e. The average Bonchev–Trinajstić information content (AvgIpc) is 2.80. The summed E-state index contributed by atoms with van der Waals surface area (Å²) in [4.78, 5) is 25.4. The number of anilines is 4. The molecule has 1 amide bonds. The van der Waals surface area contributed by atoms with Gasteiger partial charge in [0.25, 0.3) is 5.91 Å². The van der Waals surface area contributed by atoms with Gasteiger partial charge in [0.1, 0.15) is 29.9 Å². The van der Waals surface area contributed by atoms with Gasteiger partial charge in [-0.15, -0.1) is 0 Å². The van der Waals surface area contributed by atoms with Gasteiger partial charge in [-0.25, -0.2) is 9.37 Å². The second-order valence-electron chi connectivity index (χ2n) is 11.6. The zero-order valence-electron chi connectivity index (χ0n) is 22.6. The highest BCUT2D eigenvalue weighted by molar-refractivity contribution is 6.02. The van der Waals surface area contributed by atoms with E-state index in [9.17, 15) is 14.4 Å². The van der Waals surface area contributed by atoms with Crippen LogP contribution in [0.2, 0.25) is 0 Å². The number of nitrogens with zero attached hydrogens (tertiary/aromatic N) is 5. The van der Waals surface area contributed by atoms with E-state index in [2.05, 4.69) is 66.3 Å². The van der Waals surface area contributed by atoms with Crippen molar-refractivity contribution in [2.75, 3.05) is 35.8 Å². The van der Waals surface area contributed by atoms with Crippen LogP contribution in [0.5, 0.6) is 5.75 Å². The lowest BCUT2D eigenvalue weighted by molar-refractivity contribution is -0.132. The molecule has 37 heavy (non-hydrogen) atoms. The Bertz CT molecular complexity index is 1220. The molecule has 0 aliphatic carbocycles. The van der Waals surface area contributed by atoms with Gasteiger partial charge in [-0.1, -0.05) is 0 Å². The molecule has 3 heterocycles. The molecular weight excluding hydrogens is 473 g/mol. The SMILES string of the molecule is CN1C(C)(C)CC(Nc2nc(Nc3ccc4c(c3)OC(C)(C)C(=O)N4CCF)ncc2C#N)CC1(C)C. The molecule has 1 fully saturated rings. The number of hydrogen-bond donors (Lipinski definition) is 2. The highest BCUT2D eigenvalue weighted by Crippen LogP contribution is 2.40. The zero-order valence-corrected chi connectivity index (χ0v) is 22.6. The largest absolute Gasteiger partial charge is 0.476 e. The van der Waals surface area contributed by atoms with Crippen LogP contribution in [0.4, 0.5) is 27.5 Å². The first kappa shape index (κ1) is 26.6. The number of hydrogen-bond acceptors (Lipinski definition) is 8. The number of fused-ring (bicyclic) bond motifs is 1. The van der Waals surface area contributed by atoms with Crippen LogP contribution in [0, 0.1) is 11.3 Å². The van der Waals surface area contributed by atoms with E-state index in [0.29, 0.717) is 34.5 Å². The van der Waals surface area contributed by atoms with E-state index in [1.165, 1.54) is 11.1 Å². The van der Waals surface area contributed by atoms with Gasteiger partial charge < -0.3 is 20.3 Å². The Kier molecular flexibility index (Phi) is 6.80. The summed E-state index contributed by atoms with van der Waals surface area (Å²) in [6.45, 7) is 11.5. The zero-order chi connectivity index (χ0) is 27.2. The van der Waals surface area contributed by atoms with Gasteiger partial charge in [-0.3, -0.25) is 9.69 Å². The minimum atomic E-state index is -1.11. The molecule has 0 radical (unpaired) electrons. The molecule has 4 rings (SSSR count). The number of rotatable bonds is 6. The summed E-state index contributed by atoms with van der Waals surface area (Å²) in [5.74, 6) is 0.978. The lowest BCUT2D eigenvalue weighted by atomic mass is 9.77. The van der Waals surface area contributed by atoms with Gasteiger partial charge in [0.15, 0.2) is 5.60 Å². The molecule has 2 N–H and O–H groups in total. The predicted molar refractivity (Wildman–Crippen MR) is 142 cm³/mol. The van der Waals surface area contributed by atoms with Crippen molar-refractivity contribution in [3.63, 3.8) is 0 Å². The van der Waals surface area contributed by atoms with Gasteiger partial charge in [0.05, 0.1) is 18.4 Å². The summed E-state index contributed by atoms with van der Waals surface area (Å²) in [5.41, 5.74) is 0.377. The molecule has 1 aromatic carbocycles. The number of carbonyl (C=O) groups excluding carboxylic acids is 1. The first-order valence-electron chi connectivity index (χ1n) is 12.5. The molecule has 0 spiro atoms. The standard InChI is InChI=1S/C27H36FN7O2/c1-25(2)13-19(14-26(3,4)34(25)7)31-22-17(15-29)16-30-24(33-22)32-18-8-9-20-21(12-18)37-27(5,6)23(36)35(20)11-10-28/h8-9,12,16,19H,10-11,13-14H2,1-7H3,(H2,30,31,32,33). The summed E-state index contributed by atoms with van der Waals surface area (Å²) in [6, 6.07) is 7.53. The maximum absolute atomic E-state index is 13.1. The minimum absolute atomic E-state index is 0.0192. The van der Waals surface area contributed by atoms with Crippen LogP contribution >= 0.6 is 0 Å². The number of halogens is 1. The van der Waals surface area contributed by atoms with E-state index in [-0.39, 0.29) is 29.6 Å². The van der Waals surface area contributed by atoms with Crippen LogP contribution in [0.25, 0.3) is 0 Å².